The lowest BCUT2D eigenvalue weighted by Crippen LogP contribution is -1.96. The van der Waals surface area contributed by atoms with Crippen molar-refractivity contribution >= 4 is 27.3 Å². The Morgan fingerprint density at radius 3 is 2.57 bits per heavy atom. The summed E-state index contributed by atoms with van der Waals surface area (Å²) < 4.78 is 0. The third kappa shape index (κ3) is 3.31. The molecule has 1 aromatic heterocycles. The van der Waals surface area contributed by atoms with E-state index in [1.165, 1.54) is 11.4 Å². The second kappa shape index (κ2) is 5.81. The van der Waals surface area contributed by atoms with Gasteiger partial charge in [0.25, 0.3) is 0 Å². The van der Waals surface area contributed by atoms with Crippen molar-refractivity contribution in [1.29, 1.82) is 0 Å². The van der Waals surface area contributed by atoms with Crippen molar-refractivity contribution < 1.29 is 0 Å². The Morgan fingerprint density at radius 1 is 1.29 bits per heavy atom. The van der Waals surface area contributed by atoms with Crippen molar-refractivity contribution in [2.45, 2.75) is 44.9 Å². The maximum absolute atomic E-state index is 4.21. The van der Waals surface area contributed by atoms with E-state index in [0.717, 1.165) is 17.8 Å². The minimum Gasteiger partial charge on any atom is -0.144 e. The molecular formula is C10H17BrN2S. The van der Waals surface area contributed by atoms with E-state index in [1.807, 2.05) is 0 Å². The highest BCUT2D eigenvalue weighted by molar-refractivity contribution is 9.09. The van der Waals surface area contributed by atoms with Crippen LogP contribution >= 0.6 is 27.3 Å². The normalized spacial score (nSPS) is 15.4. The maximum atomic E-state index is 4.21. The number of hydrogen-bond acceptors (Lipinski definition) is 3. The average Bonchev–Trinajstić information content (AvgIpc) is 2.65. The zero-order valence-corrected chi connectivity index (χ0v) is 11.4. The first-order valence-electron chi connectivity index (χ1n) is 5.13. The summed E-state index contributed by atoms with van der Waals surface area (Å²) in [6.45, 7) is 6.62. The molecule has 0 radical (unpaired) electrons. The van der Waals surface area contributed by atoms with E-state index in [0.29, 0.717) is 10.7 Å². The number of halogens is 1. The van der Waals surface area contributed by atoms with Gasteiger partial charge in [0.1, 0.15) is 10.0 Å². The maximum Gasteiger partial charge on any atom is 0.131 e. The lowest BCUT2D eigenvalue weighted by molar-refractivity contribution is 0.556. The molecule has 0 aromatic carbocycles. The molecule has 80 valence electrons. The summed E-state index contributed by atoms with van der Waals surface area (Å²) in [6, 6.07) is 0. The zero-order chi connectivity index (χ0) is 10.6. The molecule has 0 saturated heterocycles. The Balaban J connectivity index is 2.59. The minimum absolute atomic E-state index is 0.380. The highest BCUT2D eigenvalue weighted by atomic mass is 79.9. The van der Waals surface area contributed by atoms with Crippen LogP contribution in [0.4, 0.5) is 0 Å². The molecule has 1 heterocycles. The van der Waals surface area contributed by atoms with Crippen LogP contribution in [0.3, 0.4) is 0 Å². The molecule has 0 fully saturated rings. The molecule has 4 heteroatoms. The molecule has 2 nitrogen and oxygen atoms in total. The monoisotopic (exact) mass is 276 g/mol. The predicted molar refractivity (Wildman–Crippen MR) is 65.0 cm³/mol. The van der Waals surface area contributed by atoms with Crippen LogP contribution in [0.25, 0.3) is 0 Å². The van der Waals surface area contributed by atoms with Gasteiger partial charge in [0, 0.05) is 6.42 Å². The van der Waals surface area contributed by atoms with Gasteiger partial charge >= 0.3 is 0 Å². The van der Waals surface area contributed by atoms with Gasteiger partial charge in [-0.3, -0.25) is 0 Å². The summed E-state index contributed by atoms with van der Waals surface area (Å²) in [5, 5.41) is 10.7. The van der Waals surface area contributed by atoms with Crippen LogP contribution in [0.2, 0.25) is 0 Å². The van der Waals surface area contributed by atoms with Crippen molar-refractivity contribution in [3.05, 3.63) is 10.0 Å². The Bertz CT molecular complexity index is 275. The third-order valence-corrected chi connectivity index (χ3v) is 4.77. The number of aromatic nitrogens is 2. The molecule has 2 atom stereocenters. The van der Waals surface area contributed by atoms with Gasteiger partial charge in [-0.2, -0.15) is 0 Å². The lowest BCUT2D eigenvalue weighted by Gasteiger charge is -2.03. The van der Waals surface area contributed by atoms with Crippen molar-refractivity contribution in [3.63, 3.8) is 0 Å². The summed E-state index contributed by atoms with van der Waals surface area (Å²) >= 11 is 5.33. The topological polar surface area (TPSA) is 25.8 Å². The van der Waals surface area contributed by atoms with Crippen LogP contribution in [0.5, 0.6) is 0 Å². The van der Waals surface area contributed by atoms with Crippen LogP contribution in [0.1, 0.15) is 48.5 Å². The van der Waals surface area contributed by atoms with Gasteiger partial charge < -0.3 is 0 Å². The number of rotatable bonds is 5. The van der Waals surface area contributed by atoms with Gasteiger partial charge in [-0.25, -0.2) is 0 Å². The van der Waals surface area contributed by atoms with Crippen molar-refractivity contribution in [2.24, 2.45) is 5.92 Å². The largest absolute Gasteiger partial charge is 0.144 e. The highest BCUT2D eigenvalue weighted by Crippen LogP contribution is 2.29. The van der Waals surface area contributed by atoms with E-state index >= 15 is 0 Å². The fourth-order valence-corrected chi connectivity index (χ4v) is 2.53. The molecular weight excluding hydrogens is 260 g/mol. The van der Waals surface area contributed by atoms with E-state index in [4.69, 9.17) is 0 Å². The quantitative estimate of drug-likeness (QED) is 0.761. The molecule has 2 unspecified atom stereocenters. The standard InChI is InChI=1S/C10H17BrN2S/c1-4-7(3)6-9-12-13-10(14-9)8(11)5-2/h7-8H,4-6H2,1-3H3. The summed E-state index contributed by atoms with van der Waals surface area (Å²) in [5.41, 5.74) is 0. The fourth-order valence-electron chi connectivity index (χ4n) is 1.09. The van der Waals surface area contributed by atoms with Crippen molar-refractivity contribution in [3.8, 4) is 0 Å². The smallest absolute Gasteiger partial charge is 0.131 e. The number of nitrogens with zero attached hydrogens (tertiary/aromatic N) is 2. The first-order chi connectivity index (χ1) is 6.67. The molecule has 0 aliphatic rings. The summed E-state index contributed by atoms with van der Waals surface area (Å²) in [4.78, 5) is 0.380. The fraction of sp³-hybridized carbons (Fsp3) is 0.800. The molecule has 0 amide bonds. The lowest BCUT2D eigenvalue weighted by atomic mass is 10.1. The molecule has 0 spiro atoms. The first-order valence-corrected chi connectivity index (χ1v) is 6.86. The minimum atomic E-state index is 0.380. The van der Waals surface area contributed by atoms with E-state index in [9.17, 15) is 0 Å². The Labute approximate surface area is 98.3 Å². The van der Waals surface area contributed by atoms with Crippen LogP contribution in [0.15, 0.2) is 0 Å². The Kier molecular flexibility index (Phi) is 5.02. The average molecular weight is 277 g/mol. The first kappa shape index (κ1) is 12.1. The van der Waals surface area contributed by atoms with Gasteiger partial charge in [0.2, 0.25) is 0 Å². The molecule has 0 saturated carbocycles. The molecule has 14 heavy (non-hydrogen) atoms. The van der Waals surface area contributed by atoms with Crippen LogP contribution in [-0.2, 0) is 6.42 Å². The van der Waals surface area contributed by atoms with Gasteiger partial charge in [-0.15, -0.1) is 21.5 Å². The summed E-state index contributed by atoms with van der Waals surface area (Å²) in [5.74, 6) is 0.714. The zero-order valence-electron chi connectivity index (χ0n) is 8.96. The molecule has 0 aliphatic heterocycles. The molecule has 0 N–H and O–H groups in total. The van der Waals surface area contributed by atoms with Gasteiger partial charge in [-0.05, 0) is 12.3 Å². The van der Waals surface area contributed by atoms with E-state index in [1.54, 1.807) is 11.3 Å². The SMILES string of the molecule is CCC(C)Cc1nnc(C(Br)CC)s1. The van der Waals surface area contributed by atoms with E-state index < -0.39 is 0 Å². The van der Waals surface area contributed by atoms with Crippen molar-refractivity contribution in [2.75, 3.05) is 0 Å². The molecule has 1 aromatic rings. The van der Waals surface area contributed by atoms with Crippen LogP contribution < -0.4 is 0 Å². The second-order valence-electron chi connectivity index (χ2n) is 3.63. The summed E-state index contributed by atoms with van der Waals surface area (Å²) in [6.07, 6.45) is 3.34. The van der Waals surface area contributed by atoms with Crippen LogP contribution in [0, 0.1) is 5.92 Å². The Hall–Kier alpha value is 0.0400. The highest BCUT2D eigenvalue weighted by Gasteiger charge is 2.12. The summed E-state index contributed by atoms with van der Waals surface area (Å²) in [7, 11) is 0. The molecule has 0 bridgehead atoms. The molecule has 0 aliphatic carbocycles. The predicted octanol–water partition coefficient (Wildman–Crippen LogP) is 3.97. The number of alkyl halides is 1. The van der Waals surface area contributed by atoms with Crippen molar-refractivity contribution in [1.82, 2.24) is 10.2 Å². The third-order valence-electron chi connectivity index (χ3n) is 2.33. The van der Waals surface area contributed by atoms with Gasteiger partial charge in [-0.1, -0.05) is 43.1 Å². The van der Waals surface area contributed by atoms with E-state index in [-0.39, 0.29) is 0 Å². The molecule has 1 rings (SSSR count). The van der Waals surface area contributed by atoms with Gasteiger partial charge in [0.15, 0.2) is 0 Å². The second-order valence-corrected chi connectivity index (χ2v) is 5.83. The van der Waals surface area contributed by atoms with Gasteiger partial charge in [0.05, 0.1) is 4.83 Å². The van der Waals surface area contributed by atoms with Crippen LogP contribution in [-0.4, -0.2) is 10.2 Å². The van der Waals surface area contributed by atoms with E-state index in [2.05, 4.69) is 46.9 Å². The Morgan fingerprint density at radius 2 is 2.00 bits per heavy atom. The number of hydrogen-bond donors (Lipinski definition) is 0.